The highest BCUT2D eigenvalue weighted by Crippen LogP contribution is 2.62. The van der Waals surface area contributed by atoms with Crippen LogP contribution in [0.4, 0.5) is 0 Å². The zero-order valence-electron chi connectivity index (χ0n) is 10.9. The van der Waals surface area contributed by atoms with Crippen LogP contribution in [-0.2, 0) is 13.0 Å². The third-order valence-electron chi connectivity index (χ3n) is 4.26. The lowest BCUT2D eigenvalue weighted by Crippen LogP contribution is -2.35. The lowest BCUT2D eigenvalue weighted by atomic mass is 9.98. The Kier molecular flexibility index (Phi) is 2.37. The number of nitrogens with zero attached hydrogens (tertiary/aromatic N) is 2. The van der Waals surface area contributed by atoms with Gasteiger partial charge in [-0.05, 0) is 50.9 Å². The first kappa shape index (κ1) is 11.3. The van der Waals surface area contributed by atoms with Crippen molar-refractivity contribution >= 4 is 0 Å². The zero-order valence-corrected chi connectivity index (χ0v) is 10.9. The second-order valence-electron chi connectivity index (χ2n) is 6.81. The summed E-state index contributed by atoms with van der Waals surface area (Å²) in [6.45, 7) is 5.33. The van der Waals surface area contributed by atoms with Gasteiger partial charge in [-0.2, -0.15) is 0 Å². The molecular weight excluding hydrogens is 210 g/mol. The van der Waals surface area contributed by atoms with Crippen LogP contribution in [0.5, 0.6) is 0 Å². The topological polar surface area (TPSA) is 43.8 Å². The number of hydrogen-bond acceptors (Lipinski definition) is 2. The van der Waals surface area contributed by atoms with Gasteiger partial charge < -0.3 is 10.3 Å². The Balaban J connectivity index is 1.73. The Morgan fingerprint density at radius 1 is 1.47 bits per heavy atom. The standard InChI is InChI=1S/C14H23N3/c1-13(2,15)7-12-8-16-10-17(12)9-14(5-6-14)11-3-4-11/h8,10-11H,3-7,9,15H2,1-2H3. The van der Waals surface area contributed by atoms with Crippen LogP contribution in [0.2, 0.25) is 0 Å². The molecule has 1 aromatic heterocycles. The molecule has 2 aliphatic rings. The lowest BCUT2D eigenvalue weighted by Gasteiger charge is -2.21. The van der Waals surface area contributed by atoms with E-state index in [4.69, 9.17) is 5.73 Å². The van der Waals surface area contributed by atoms with Crippen LogP contribution in [0.15, 0.2) is 12.5 Å². The quantitative estimate of drug-likeness (QED) is 0.848. The molecule has 0 aromatic carbocycles. The van der Waals surface area contributed by atoms with Crippen LogP contribution < -0.4 is 5.73 Å². The molecule has 2 aliphatic carbocycles. The van der Waals surface area contributed by atoms with Gasteiger partial charge in [0.1, 0.15) is 0 Å². The molecular formula is C14H23N3. The molecule has 0 radical (unpaired) electrons. The van der Waals surface area contributed by atoms with Gasteiger partial charge in [-0.3, -0.25) is 0 Å². The van der Waals surface area contributed by atoms with Crippen LogP contribution in [-0.4, -0.2) is 15.1 Å². The summed E-state index contributed by atoms with van der Waals surface area (Å²) in [5.41, 5.74) is 7.89. The fraction of sp³-hybridized carbons (Fsp3) is 0.786. The van der Waals surface area contributed by atoms with Gasteiger partial charge >= 0.3 is 0 Å². The Morgan fingerprint density at radius 3 is 2.71 bits per heavy atom. The summed E-state index contributed by atoms with van der Waals surface area (Å²) in [7, 11) is 0. The second-order valence-corrected chi connectivity index (χ2v) is 6.81. The van der Waals surface area contributed by atoms with Gasteiger partial charge in [0, 0.05) is 30.4 Å². The molecule has 1 aromatic rings. The first-order valence-corrected chi connectivity index (χ1v) is 6.76. The average molecular weight is 233 g/mol. The lowest BCUT2D eigenvalue weighted by molar-refractivity contribution is 0.359. The van der Waals surface area contributed by atoms with Crippen molar-refractivity contribution in [2.24, 2.45) is 17.1 Å². The van der Waals surface area contributed by atoms with E-state index in [1.807, 2.05) is 12.5 Å². The number of aromatic nitrogens is 2. The van der Waals surface area contributed by atoms with Gasteiger partial charge in [0.15, 0.2) is 0 Å². The predicted molar refractivity (Wildman–Crippen MR) is 68.6 cm³/mol. The van der Waals surface area contributed by atoms with E-state index in [-0.39, 0.29) is 5.54 Å². The Bertz CT molecular complexity index is 405. The van der Waals surface area contributed by atoms with Gasteiger partial charge in [0.05, 0.1) is 6.33 Å². The molecule has 2 N–H and O–H groups in total. The van der Waals surface area contributed by atoms with Gasteiger partial charge in [-0.25, -0.2) is 4.98 Å². The van der Waals surface area contributed by atoms with E-state index in [0.29, 0.717) is 5.41 Å². The predicted octanol–water partition coefficient (Wildman–Crippen LogP) is 2.35. The molecule has 3 heteroatoms. The van der Waals surface area contributed by atoms with E-state index in [1.54, 1.807) is 0 Å². The van der Waals surface area contributed by atoms with Crippen molar-refractivity contribution in [3.8, 4) is 0 Å². The Morgan fingerprint density at radius 2 is 2.18 bits per heavy atom. The molecule has 0 unspecified atom stereocenters. The minimum Gasteiger partial charge on any atom is -0.334 e. The van der Waals surface area contributed by atoms with Crippen LogP contribution in [0.1, 0.15) is 45.2 Å². The van der Waals surface area contributed by atoms with Crippen LogP contribution in [0, 0.1) is 11.3 Å². The first-order chi connectivity index (χ1) is 7.99. The SMILES string of the molecule is CC(C)(N)Cc1cncn1CC1(C2CC2)CC1. The summed E-state index contributed by atoms with van der Waals surface area (Å²) in [5, 5.41) is 0. The van der Waals surface area contributed by atoms with Crippen molar-refractivity contribution in [2.45, 2.75) is 58.0 Å². The number of imidazole rings is 1. The highest BCUT2D eigenvalue weighted by atomic mass is 15.1. The first-order valence-electron chi connectivity index (χ1n) is 6.76. The van der Waals surface area contributed by atoms with Gasteiger partial charge in [0.2, 0.25) is 0 Å². The fourth-order valence-electron chi connectivity index (χ4n) is 3.00. The molecule has 3 rings (SSSR count). The number of rotatable bonds is 5. The van der Waals surface area contributed by atoms with E-state index in [1.165, 1.54) is 37.9 Å². The second kappa shape index (κ2) is 3.58. The van der Waals surface area contributed by atoms with Crippen LogP contribution in [0.25, 0.3) is 0 Å². The van der Waals surface area contributed by atoms with Crippen molar-refractivity contribution in [2.75, 3.05) is 0 Å². The van der Waals surface area contributed by atoms with E-state index in [0.717, 1.165) is 12.3 Å². The summed E-state index contributed by atoms with van der Waals surface area (Å²) in [4.78, 5) is 4.31. The maximum atomic E-state index is 6.11. The van der Waals surface area contributed by atoms with Crippen LogP contribution >= 0.6 is 0 Å². The highest BCUT2D eigenvalue weighted by Gasteiger charge is 2.53. The number of hydrogen-bond donors (Lipinski definition) is 1. The van der Waals surface area contributed by atoms with E-state index < -0.39 is 0 Å². The molecule has 0 atom stereocenters. The maximum absolute atomic E-state index is 6.11. The van der Waals surface area contributed by atoms with E-state index >= 15 is 0 Å². The summed E-state index contributed by atoms with van der Waals surface area (Å²) >= 11 is 0. The summed E-state index contributed by atoms with van der Waals surface area (Å²) in [6.07, 6.45) is 10.6. The molecule has 0 spiro atoms. The number of nitrogens with two attached hydrogens (primary N) is 1. The van der Waals surface area contributed by atoms with Gasteiger partial charge in [-0.1, -0.05) is 0 Å². The molecule has 17 heavy (non-hydrogen) atoms. The minimum atomic E-state index is -0.145. The third kappa shape index (κ3) is 2.39. The normalized spacial score (nSPS) is 22.8. The summed E-state index contributed by atoms with van der Waals surface area (Å²) < 4.78 is 2.35. The van der Waals surface area contributed by atoms with Crippen molar-refractivity contribution in [3.05, 3.63) is 18.2 Å². The van der Waals surface area contributed by atoms with Crippen molar-refractivity contribution in [1.29, 1.82) is 0 Å². The largest absolute Gasteiger partial charge is 0.334 e. The Labute approximate surface area is 103 Å². The Hall–Kier alpha value is -0.830. The molecule has 2 fully saturated rings. The maximum Gasteiger partial charge on any atom is 0.0948 e. The van der Waals surface area contributed by atoms with E-state index in [2.05, 4.69) is 23.4 Å². The van der Waals surface area contributed by atoms with E-state index in [9.17, 15) is 0 Å². The smallest absolute Gasteiger partial charge is 0.0948 e. The van der Waals surface area contributed by atoms with Gasteiger partial charge in [-0.15, -0.1) is 0 Å². The summed E-state index contributed by atoms with van der Waals surface area (Å²) in [6, 6.07) is 0. The van der Waals surface area contributed by atoms with Crippen molar-refractivity contribution in [1.82, 2.24) is 9.55 Å². The molecule has 0 amide bonds. The minimum absolute atomic E-state index is 0.145. The van der Waals surface area contributed by atoms with Crippen molar-refractivity contribution in [3.63, 3.8) is 0 Å². The zero-order chi connectivity index (χ0) is 12.1. The average Bonchev–Trinajstić information content (AvgIpc) is 3.07. The fourth-order valence-corrected chi connectivity index (χ4v) is 3.00. The molecule has 0 aliphatic heterocycles. The molecule has 3 nitrogen and oxygen atoms in total. The molecule has 94 valence electrons. The molecule has 1 heterocycles. The third-order valence-corrected chi connectivity index (χ3v) is 4.26. The van der Waals surface area contributed by atoms with Crippen LogP contribution in [0.3, 0.4) is 0 Å². The molecule has 0 saturated heterocycles. The molecule has 2 saturated carbocycles. The molecule has 0 bridgehead atoms. The van der Waals surface area contributed by atoms with Crippen molar-refractivity contribution < 1.29 is 0 Å². The summed E-state index contributed by atoms with van der Waals surface area (Å²) in [5.74, 6) is 1.00. The van der Waals surface area contributed by atoms with Gasteiger partial charge in [0.25, 0.3) is 0 Å². The monoisotopic (exact) mass is 233 g/mol. The highest BCUT2D eigenvalue weighted by molar-refractivity contribution is 5.09.